The summed E-state index contributed by atoms with van der Waals surface area (Å²) in [5.41, 5.74) is 8.27. The Morgan fingerprint density at radius 2 is 1.09 bits per heavy atom. The van der Waals surface area contributed by atoms with Crippen molar-refractivity contribution in [3.05, 3.63) is 170 Å². The zero-order valence-electron chi connectivity index (χ0n) is 25.0. The Hall–Kier alpha value is -6.19. The molecule has 0 saturated heterocycles. The molecule has 46 heavy (non-hydrogen) atoms. The Balaban J connectivity index is 1.19. The van der Waals surface area contributed by atoms with E-state index in [2.05, 4.69) is 144 Å². The van der Waals surface area contributed by atoms with Crippen LogP contribution in [0.3, 0.4) is 0 Å². The quantitative estimate of drug-likeness (QED) is 0.187. The fraction of sp³-hybridized carbons (Fsp3) is 0. The summed E-state index contributed by atoms with van der Waals surface area (Å²) in [5, 5.41) is 7.19. The molecule has 0 fully saturated rings. The molecule has 0 aliphatic rings. The van der Waals surface area contributed by atoms with E-state index in [0.717, 1.165) is 44.5 Å². The van der Waals surface area contributed by atoms with E-state index >= 15 is 0 Å². The van der Waals surface area contributed by atoms with Gasteiger partial charge in [0.1, 0.15) is 5.52 Å². The van der Waals surface area contributed by atoms with Crippen molar-refractivity contribution in [2.24, 2.45) is 0 Å². The normalized spacial score (nSPS) is 11.5. The fourth-order valence-electron chi connectivity index (χ4n) is 6.71. The second kappa shape index (κ2) is 10.8. The zero-order chi connectivity index (χ0) is 30.5. The van der Waals surface area contributed by atoms with Gasteiger partial charge in [-0.1, -0.05) is 109 Å². The minimum atomic E-state index is 0.630. The topological polar surface area (TPSA) is 29.3 Å². The van der Waals surface area contributed by atoms with Crippen LogP contribution in [-0.4, -0.2) is 4.98 Å². The van der Waals surface area contributed by atoms with Gasteiger partial charge in [-0.25, -0.2) is 4.98 Å². The first-order chi connectivity index (χ1) is 22.8. The lowest BCUT2D eigenvalue weighted by atomic mass is 9.93. The van der Waals surface area contributed by atoms with Gasteiger partial charge in [0.2, 0.25) is 5.89 Å². The maximum atomic E-state index is 6.41. The summed E-state index contributed by atoms with van der Waals surface area (Å²) in [4.78, 5) is 7.15. The van der Waals surface area contributed by atoms with Gasteiger partial charge in [0, 0.05) is 27.7 Å². The van der Waals surface area contributed by atoms with Crippen molar-refractivity contribution in [3.8, 4) is 22.6 Å². The first kappa shape index (κ1) is 26.2. The molecule has 0 radical (unpaired) electrons. The third-order valence-electron chi connectivity index (χ3n) is 8.87. The number of fused-ring (bicyclic) bond motifs is 6. The molecule has 0 aliphatic heterocycles. The molecule has 0 bridgehead atoms. The van der Waals surface area contributed by atoms with Gasteiger partial charge in [-0.15, -0.1) is 0 Å². The molecule has 0 N–H and O–H groups in total. The van der Waals surface area contributed by atoms with E-state index < -0.39 is 0 Å². The van der Waals surface area contributed by atoms with E-state index in [1.54, 1.807) is 0 Å². The number of para-hydroxylation sites is 1. The Morgan fingerprint density at radius 1 is 0.435 bits per heavy atom. The summed E-state index contributed by atoms with van der Waals surface area (Å²) < 4.78 is 6.41. The van der Waals surface area contributed by atoms with E-state index in [1.165, 1.54) is 32.7 Å². The first-order valence-electron chi connectivity index (χ1n) is 15.6. The average molecular weight is 589 g/mol. The molecule has 1 aromatic heterocycles. The van der Waals surface area contributed by atoms with Crippen molar-refractivity contribution in [1.82, 2.24) is 4.98 Å². The van der Waals surface area contributed by atoms with Crippen LogP contribution in [-0.2, 0) is 0 Å². The predicted octanol–water partition coefficient (Wildman–Crippen LogP) is 12.1. The van der Waals surface area contributed by atoms with Gasteiger partial charge in [0.05, 0.1) is 5.69 Å². The molecule has 9 aromatic rings. The highest BCUT2D eigenvalue weighted by Gasteiger charge is 2.19. The first-order valence-corrected chi connectivity index (χ1v) is 15.6. The van der Waals surface area contributed by atoms with Crippen LogP contribution in [0.5, 0.6) is 0 Å². The smallest absolute Gasteiger partial charge is 0.227 e. The molecule has 0 spiro atoms. The highest BCUT2D eigenvalue weighted by atomic mass is 16.3. The average Bonchev–Trinajstić information content (AvgIpc) is 3.58. The highest BCUT2D eigenvalue weighted by molar-refractivity contribution is 6.14. The van der Waals surface area contributed by atoms with Gasteiger partial charge in [-0.3, -0.25) is 0 Å². The largest absolute Gasteiger partial charge is 0.435 e. The summed E-state index contributed by atoms with van der Waals surface area (Å²) in [6, 6.07) is 59.8. The number of hydrogen-bond acceptors (Lipinski definition) is 3. The maximum Gasteiger partial charge on any atom is 0.227 e. The lowest BCUT2D eigenvalue weighted by Crippen LogP contribution is -2.10. The summed E-state index contributed by atoms with van der Waals surface area (Å²) in [5.74, 6) is 0.630. The van der Waals surface area contributed by atoms with Crippen LogP contribution in [0.25, 0.3) is 66.0 Å². The maximum absolute atomic E-state index is 6.41. The second-order valence-corrected chi connectivity index (χ2v) is 11.6. The molecule has 216 valence electrons. The molecule has 0 atom stereocenters. The zero-order valence-corrected chi connectivity index (χ0v) is 25.0. The minimum Gasteiger partial charge on any atom is -0.435 e. The van der Waals surface area contributed by atoms with E-state index in [1.807, 2.05) is 30.3 Å². The van der Waals surface area contributed by atoms with E-state index in [4.69, 9.17) is 9.40 Å². The number of hydrogen-bond donors (Lipinski definition) is 0. The van der Waals surface area contributed by atoms with Crippen LogP contribution in [0.15, 0.2) is 174 Å². The molecule has 3 heteroatoms. The van der Waals surface area contributed by atoms with E-state index in [-0.39, 0.29) is 0 Å². The summed E-state index contributed by atoms with van der Waals surface area (Å²) in [6.45, 7) is 0. The van der Waals surface area contributed by atoms with Crippen molar-refractivity contribution in [1.29, 1.82) is 0 Å². The predicted molar refractivity (Wildman–Crippen MR) is 192 cm³/mol. The Kier molecular flexibility index (Phi) is 6.14. The van der Waals surface area contributed by atoms with Crippen LogP contribution in [0.2, 0.25) is 0 Å². The standard InChI is InChI=1S/C43H28N2O/c1-3-12-30(13-4-1)43-44-40-27-26-37-38(42(40)46-43)20-11-21-41(37)45(32-15-5-2-6-16-32)33-24-22-29(23-25-33)39-28-31-14-7-8-17-34(31)35-18-9-10-19-36(35)39/h1-28H. The monoisotopic (exact) mass is 588 g/mol. The SMILES string of the molecule is c1ccc(-c2nc3ccc4c(N(c5ccccc5)c5ccc(-c6cc7ccccc7c7ccccc67)cc5)cccc4c3o2)cc1. The van der Waals surface area contributed by atoms with Gasteiger partial charge in [-0.05, 0) is 93.3 Å². The molecule has 8 aromatic carbocycles. The Morgan fingerprint density at radius 3 is 1.89 bits per heavy atom. The van der Waals surface area contributed by atoms with Crippen molar-refractivity contribution in [2.75, 3.05) is 4.90 Å². The van der Waals surface area contributed by atoms with Gasteiger partial charge >= 0.3 is 0 Å². The molecule has 0 saturated carbocycles. The summed E-state index contributed by atoms with van der Waals surface area (Å²) in [7, 11) is 0. The Bertz CT molecular complexity index is 2520. The van der Waals surface area contributed by atoms with Gasteiger partial charge < -0.3 is 9.32 Å². The molecular formula is C43H28N2O. The molecular weight excluding hydrogens is 560 g/mol. The van der Waals surface area contributed by atoms with E-state index in [0.29, 0.717) is 5.89 Å². The summed E-state index contributed by atoms with van der Waals surface area (Å²) in [6.07, 6.45) is 0. The fourth-order valence-corrected chi connectivity index (χ4v) is 6.71. The molecule has 9 rings (SSSR count). The number of oxazole rings is 1. The lowest BCUT2D eigenvalue weighted by Gasteiger charge is -2.27. The van der Waals surface area contributed by atoms with Crippen LogP contribution < -0.4 is 4.90 Å². The second-order valence-electron chi connectivity index (χ2n) is 11.6. The Labute approximate surface area is 266 Å². The number of nitrogens with zero attached hydrogens (tertiary/aromatic N) is 2. The van der Waals surface area contributed by atoms with Crippen LogP contribution in [0.1, 0.15) is 0 Å². The minimum absolute atomic E-state index is 0.630. The van der Waals surface area contributed by atoms with Crippen LogP contribution >= 0.6 is 0 Å². The molecule has 0 amide bonds. The third kappa shape index (κ3) is 4.33. The lowest BCUT2D eigenvalue weighted by molar-refractivity contribution is 0.623. The van der Waals surface area contributed by atoms with Crippen molar-refractivity contribution in [3.63, 3.8) is 0 Å². The van der Waals surface area contributed by atoms with Gasteiger partial charge in [0.15, 0.2) is 5.58 Å². The molecule has 3 nitrogen and oxygen atoms in total. The van der Waals surface area contributed by atoms with Crippen molar-refractivity contribution >= 4 is 60.5 Å². The van der Waals surface area contributed by atoms with Gasteiger partial charge in [-0.2, -0.15) is 0 Å². The van der Waals surface area contributed by atoms with Crippen molar-refractivity contribution < 1.29 is 4.42 Å². The number of benzene rings is 8. The molecule has 0 unspecified atom stereocenters. The summed E-state index contributed by atoms with van der Waals surface area (Å²) >= 11 is 0. The van der Waals surface area contributed by atoms with Gasteiger partial charge in [0.25, 0.3) is 0 Å². The van der Waals surface area contributed by atoms with Crippen LogP contribution in [0, 0.1) is 0 Å². The number of anilines is 3. The molecule has 1 heterocycles. The third-order valence-corrected chi connectivity index (χ3v) is 8.87. The van der Waals surface area contributed by atoms with Crippen LogP contribution in [0.4, 0.5) is 17.1 Å². The van der Waals surface area contributed by atoms with E-state index in [9.17, 15) is 0 Å². The van der Waals surface area contributed by atoms with Crippen molar-refractivity contribution in [2.45, 2.75) is 0 Å². The number of rotatable bonds is 5. The molecule has 0 aliphatic carbocycles. The highest BCUT2D eigenvalue weighted by Crippen LogP contribution is 2.42. The number of aromatic nitrogens is 1.